The first-order valence-electron chi connectivity index (χ1n) is 9.01. The highest BCUT2D eigenvalue weighted by atomic mass is 16.2. The molecule has 24 heavy (non-hydrogen) atoms. The van der Waals surface area contributed by atoms with Gasteiger partial charge in [-0.15, -0.1) is 0 Å². The minimum absolute atomic E-state index is 0.0123. The number of amides is 2. The second-order valence-corrected chi connectivity index (χ2v) is 6.04. The largest absolute Gasteiger partial charge is 0.326 e. The third-order valence-corrected chi connectivity index (χ3v) is 3.99. The summed E-state index contributed by atoms with van der Waals surface area (Å²) in [6.07, 6.45) is 6.13. The molecule has 0 heterocycles. The minimum atomic E-state index is -0.342. The lowest BCUT2D eigenvalue weighted by Crippen LogP contribution is -2.39. The van der Waals surface area contributed by atoms with Gasteiger partial charge >= 0.3 is 0 Å². The van der Waals surface area contributed by atoms with Crippen LogP contribution in [-0.4, -0.2) is 18.4 Å². The molecule has 5 heteroatoms. The lowest BCUT2D eigenvalue weighted by molar-refractivity contribution is -0.123. The Morgan fingerprint density at radius 3 is 2.46 bits per heavy atom. The monoisotopic (exact) mass is 333 g/mol. The molecule has 0 aliphatic heterocycles. The number of hydrogen-bond acceptors (Lipinski definition) is 3. The third kappa shape index (κ3) is 7.13. The van der Waals surface area contributed by atoms with Crippen LogP contribution in [0, 0.1) is 0 Å². The second kappa shape index (κ2) is 11.6. The summed E-state index contributed by atoms with van der Waals surface area (Å²) in [6, 6.07) is 7.48. The van der Waals surface area contributed by atoms with Crippen LogP contribution in [0.15, 0.2) is 24.3 Å². The van der Waals surface area contributed by atoms with Gasteiger partial charge < -0.3 is 5.32 Å². The first kappa shape index (κ1) is 20.2. The summed E-state index contributed by atoms with van der Waals surface area (Å²) in [5, 5.41) is 2.95. The maximum atomic E-state index is 12.1. The Hall–Kier alpha value is -1.88. The van der Waals surface area contributed by atoms with Crippen molar-refractivity contribution in [1.82, 2.24) is 10.9 Å². The quantitative estimate of drug-likeness (QED) is 0.427. The van der Waals surface area contributed by atoms with Crippen molar-refractivity contribution in [2.75, 3.05) is 11.9 Å². The number of hydrogen-bond donors (Lipinski definition) is 3. The van der Waals surface area contributed by atoms with E-state index in [0.717, 1.165) is 24.1 Å². The van der Waals surface area contributed by atoms with E-state index in [1.165, 1.54) is 19.3 Å². The van der Waals surface area contributed by atoms with Crippen molar-refractivity contribution in [1.29, 1.82) is 0 Å². The van der Waals surface area contributed by atoms with Gasteiger partial charge in [-0.2, -0.15) is 0 Å². The zero-order chi connectivity index (χ0) is 17.8. The Morgan fingerprint density at radius 2 is 1.75 bits per heavy atom. The lowest BCUT2D eigenvalue weighted by Gasteiger charge is -2.17. The number of rotatable bonds is 11. The molecule has 5 nitrogen and oxygen atoms in total. The van der Waals surface area contributed by atoms with E-state index < -0.39 is 0 Å². The van der Waals surface area contributed by atoms with Crippen LogP contribution in [-0.2, 0) is 9.59 Å². The third-order valence-electron chi connectivity index (χ3n) is 3.99. The van der Waals surface area contributed by atoms with E-state index in [1.54, 1.807) is 0 Å². The molecule has 0 radical (unpaired) electrons. The zero-order valence-electron chi connectivity index (χ0n) is 15.2. The molecular weight excluding hydrogens is 302 g/mol. The van der Waals surface area contributed by atoms with E-state index >= 15 is 0 Å². The fraction of sp³-hybridized carbons (Fsp3) is 0.579. The molecule has 0 aliphatic carbocycles. The molecule has 1 atom stereocenters. The number of unbranched alkanes of at least 4 members (excludes halogenated alkanes) is 4. The van der Waals surface area contributed by atoms with E-state index in [0.29, 0.717) is 13.0 Å². The van der Waals surface area contributed by atoms with Gasteiger partial charge in [0.15, 0.2) is 0 Å². The van der Waals surface area contributed by atoms with Crippen molar-refractivity contribution in [3.05, 3.63) is 29.8 Å². The Morgan fingerprint density at radius 1 is 1.04 bits per heavy atom. The van der Waals surface area contributed by atoms with Gasteiger partial charge in [-0.05, 0) is 25.0 Å². The highest BCUT2D eigenvalue weighted by molar-refractivity contribution is 5.93. The van der Waals surface area contributed by atoms with Crippen LogP contribution in [0.4, 0.5) is 5.69 Å². The molecule has 1 unspecified atom stereocenters. The van der Waals surface area contributed by atoms with Crippen molar-refractivity contribution in [2.24, 2.45) is 0 Å². The number of benzene rings is 1. The molecule has 134 valence electrons. The van der Waals surface area contributed by atoms with Crippen molar-refractivity contribution in [3.63, 3.8) is 0 Å². The average molecular weight is 333 g/mol. The predicted octanol–water partition coefficient (Wildman–Crippen LogP) is 3.73. The Kier molecular flexibility index (Phi) is 9.77. The minimum Gasteiger partial charge on any atom is -0.326 e. The number of anilines is 1. The van der Waals surface area contributed by atoms with E-state index in [4.69, 9.17) is 0 Å². The molecule has 0 fully saturated rings. The van der Waals surface area contributed by atoms with Gasteiger partial charge in [-0.3, -0.25) is 15.0 Å². The highest BCUT2D eigenvalue weighted by Gasteiger charge is 2.18. The maximum absolute atomic E-state index is 12.1. The van der Waals surface area contributed by atoms with Gasteiger partial charge in [-0.1, -0.05) is 57.7 Å². The van der Waals surface area contributed by atoms with Gasteiger partial charge in [0.25, 0.3) is 0 Å². The molecule has 0 saturated carbocycles. The molecule has 0 aliphatic rings. The van der Waals surface area contributed by atoms with E-state index in [9.17, 15) is 9.59 Å². The summed E-state index contributed by atoms with van der Waals surface area (Å²) in [6.45, 7) is 6.59. The van der Waals surface area contributed by atoms with E-state index in [1.807, 2.05) is 38.1 Å². The Labute approximate surface area is 145 Å². The van der Waals surface area contributed by atoms with Crippen LogP contribution in [0.1, 0.15) is 70.8 Å². The van der Waals surface area contributed by atoms with E-state index in [-0.39, 0.29) is 17.7 Å². The molecule has 0 bridgehead atoms. The lowest BCUT2D eigenvalue weighted by atomic mass is 9.98. The smallest absolute Gasteiger partial charge is 0.241 e. The number of para-hydroxylation sites is 1. The first-order valence-corrected chi connectivity index (χ1v) is 9.01. The fourth-order valence-electron chi connectivity index (χ4n) is 2.52. The molecule has 0 aromatic heterocycles. The van der Waals surface area contributed by atoms with Crippen LogP contribution in [0.3, 0.4) is 0 Å². The second-order valence-electron chi connectivity index (χ2n) is 6.04. The van der Waals surface area contributed by atoms with Gasteiger partial charge in [0.05, 0.1) is 5.92 Å². The molecule has 1 aromatic carbocycles. The topological polar surface area (TPSA) is 70.2 Å². The standard InChI is InChI=1S/C19H31N3O2/c1-4-6-7-8-9-14-18(23)21-17-13-11-10-12-16(17)15(3)19(24)22-20-5-2/h10-13,15,20H,4-9,14H2,1-3H3,(H,21,23)(H,22,24). The summed E-state index contributed by atoms with van der Waals surface area (Å²) in [5.74, 6) is -0.443. The Bertz CT molecular complexity index is 517. The van der Waals surface area contributed by atoms with Crippen LogP contribution in [0.25, 0.3) is 0 Å². The van der Waals surface area contributed by atoms with Gasteiger partial charge in [0.1, 0.15) is 0 Å². The molecule has 3 N–H and O–H groups in total. The first-order chi connectivity index (χ1) is 11.6. The molecule has 0 spiro atoms. The number of carbonyl (C=O) groups is 2. The molecule has 1 rings (SSSR count). The van der Waals surface area contributed by atoms with E-state index in [2.05, 4.69) is 23.1 Å². The molecule has 2 amide bonds. The van der Waals surface area contributed by atoms with Crippen LogP contribution in [0.5, 0.6) is 0 Å². The highest BCUT2D eigenvalue weighted by Crippen LogP contribution is 2.24. The number of nitrogens with one attached hydrogen (secondary N) is 3. The molecule has 1 aromatic rings. The summed E-state index contributed by atoms with van der Waals surface area (Å²) >= 11 is 0. The van der Waals surface area contributed by atoms with Crippen molar-refractivity contribution in [3.8, 4) is 0 Å². The fourth-order valence-corrected chi connectivity index (χ4v) is 2.52. The van der Waals surface area contributed by atoms with Crippen molar-refractivity contribution in [2.45, 2.75) is 65.2 Å². The Balaban J connectivity index is 2.59. The summed E-state index contributed by atoms with van der Waals surface area (Å²) < 4.78 is 0. The number of hydrazine groups is 1. The molecular formula is C19H31N3O2. The SMILES string of the molecule is CCCCCCCC(=O)Nc1ccccc1C(C)C(=O)NNCC. The average Bonchev–Trinajstić information content (AvgIpc) is 2.59. The van der Waals surface area contributed by atoms with Crippen LogP contribution >= 0.6 is 0 Å². The zero-order valence-corrected chi connectivity index (χ0v) is 15.2. The molecule has 0 saturated heterocycles. The number of carbonyl (C=O) groups excluding carboxylic acids is 2. The summed E-state index contributed by atoms with van der Waals surface area (Å²) in [7, 11) is 0. The summed E-state index contributed by atoms with van der Waals surface area (Å²) in [5.41, 5.74) is 7.02. The normalized spacial score (nSPS) is 11.8. The maximum Gasteiger partial charge on any atom is 0.241 e. The van der Waals surface area contributed by atoms with Gasteiger partial charge in [-0.25, -0.2) is 5.43 Å². The van der Waals surface area contributed by atoms with Crippen LogP contribution < -0.4 is 16.2 Å². The van der Waals surface area contributed by atoms with Crippen molar-refractivity contribution < 1.29 is 9.59 Å². The van der Waals surface area contributed by atoms with Crippen LogP contribution in [0.2, 0.25) is 0 Å². The van der Waals surface area contributed by atoms with Gasteiger partial charge in [0.2, 0.25) is 11.8 Å². The summed E-state index contributed by atoms with van der Waals surface area (Å²) in [4.78, 5) is 24.3. The van der Waals surface area contributed by atoms with Crippen molar-refractivity contribution >= 4 is 17.5 Å². The predicted molar refractivity (Wildman–Crippen MR) is 98.7 cm³/mol. The van der Waals surface area contributed by atoms with Gasteiger partial charge in [0, 0.05) is 18.7 Å².